The molecule has 28 heavy (non-hydrogen) atoms. The lowest BCUT2D eigenvalue weighted by atomic mass is 9.88. The normalized spacial score (nSPS) is 22.5. The van der Waals surface area contributed by atoms with Crippen molar-refractivity contribution in [1.29, 1.82) is 0 Å². The third kappa shape index (κ3) is 3.79. The lowest BCUT2D eigenvalue weighted by Gasteiger charge is -2.36. The zero-order valence-electron chi connectivity index (χ0n) is 16.6. The van der Waals surface area contributed by atoms with Crippen LogP contribution < -0.4 is 0 Å². The van der Waals surface area contributed by atoms with Gasteiger partial charge in [-0.05, 0) is 68.0 Å². The summed E-state index contributed by atoms with van der Waals surface area (Å²) in [6.45, 7) is 4.96. The molecule has 2 aliphatic rings. The molecule has 148 valence electrons. The first-order chi connectivity index (χ1) is 13.7. The second-order valence-corrected chi connectivity index (χ2v) is 8.07. The van der Waals surface area contributed by atoms with Crippen molar-refractivity contribution in [1.82, 2.24) is 9.80 Å². The minimum Gasteiger partial charge on any atom is -0.508 e. The van der Waals surface area contributed by atoms with Gasteiger partial charge >= 0.3 is 0 Å². The van der Waals surface area contributed by atoms with Gasteiger partial charge in [-0.1, -0.05) is 49.4 Å². The van der Waals surface area contributed by atoms with Gasteiger partial charge in [0, 0.05) is 6.54 Å². The minimum absolute atomic E-state index is 0.0403. The van der Waals surface area contributed by atoms with E-state index in [9.17, 15) is 9.90 Å². The van der Waals surface area contributed by atoms with Crippen molar-refractivity contribution in [2.24, 2.45) is 0 Å². The van der Waals surface area contributed by atoms with Gasteiger partial charge in [-0.25, -0.2) is 0 Å². The van der Waals surface area contributed by atoms with Crippen LogP contribution in [0.4, 0.5) is 0 Å². The minimum atomic E-state index is 0.0403. The van der Waals surface area contributed by atoms with Crippen LogP contribution in [0, 0.1) is 0 Å². The second kappa shape index (κ2) is 8.36. The highest BCUT2D eigenvalue weighted by Crippen LogP contribution is 2.34. The fourth-order valence-corrected chi connectivity index (χ4v) is 4.94. The van der Waals surface area contributed by atoms with Crippen LogP contribution in [0.5, 0.6) is 5.75 Å². The van der Waals surface area contributed by atoms with Gasteiger partial charge in [0.05, 0.1) is 12.1 Å². The molecule has 1 N–H and O–H groups in total. The summed E-state index contributed by atoms with van der Waals surface area (Å²) in [6, 6.07) is 18.3. The molecule has 2 aromatic rings. The molecule has 2 aromatic carbocycles. The Balaban J connectivity index is 1.38. The van der Waals surface area contributed by atoms with Crippen molar-refractivity contribution in [3.8, 4) is 5.75 Å². The Hall–Kier alpha value is -2.33. The molecule has 4 nitrogen and oxygen atoms in total. The van der Waals surface area contributed by atoms with Gasteiger partial charge < -0.3 is 10.0 Å². The molecule has 0 bridgehead atoms. The van der Waals surface area contributed by atoms with E-state index in [1.807, 2.05) is 18.2 Å². The van der Waals surface area contributed by atoms with Crippen LogP contribution in [0.1, 0.15) is 55.7 Å². The van der Waals surface area contributed by atoms with Gasteiger partial charge in [0.15, 0.2) is 0 Å². The van der Waals surface area contributed by atoms with E-state index in [4.69, 9.17) is 0 Å². The van der Waals surface area contributed by atoms with Crippen LogP contribution in [0.2, 0.25) is 0 Å². The number of piperidine rings is 1. The number of phenols is 1. The Morgan fingerprint density at radius 1 is 0.964 bits per heavy atom. The Labute approximate surface area is 167 Å². The first-order valence-corrected chi connectivity index (χ1v) is 10.6. The summed E-state index contributed by atoms with van der Waals surface area (Å²) in [7, 11) is 0. The summed E-state index contributed by atoms with van der Waals surface area (Å²) >= 11 is 0. The number of likely N-dealkylation sites (tertiary alicyclic amines) is 2. The average Bonchev–Trinajstić information content (AvgIpc) is 3.11. The Morgan fingerprint density at radius 2 is 1.64 bits per heavy atom. The van der Waals surface area contributed by atoms with E-state index < -0.39 is 0 Å². The van der Waals surface area contributed by atoms with E-state index in [1.54, 1.807) is 12.1 Å². The fraction of sp³-hybridized carbons (Fsp3) is 0.458. The zero-order valence-corrected chi connectivity index (χ0v) is 16.6. The summed E-state index contributed by atoms with van der Waals surface area (Å²) in [5.74, 6) is 1.15. The zero-order chi connectivity index (χ0) is 19.5. The lowest BCUT2D eigenvalue weighted by Crippen LogP contribution is -2.46. The number of hydrogen-bond donors (Lipinski definition) is 1. The van der Waals surface area contributed by atoms with Crippen LogP contribution in [0.15, 0.2) is 54.6 Å². The van der Waals surface area contributed by atoms with Crippen LogP contribution in [0.25, 0.3) is 0 Å². The van der Waals surface area contributed by atoms with E-state index in [-0.39, 0.29) is 12.1 Å². The predicted octanol–water partition coefficient (Wildman–Crippen LogP) is 4.32. The molecule has 0 spiro atoms. The maximum atomic E-state index is 13.2. The Bertz CT molecular complexity index is 782. The van der Waals surface area contributed by atoms with Crippen LogP contribution in [-0.2, 0) is 4.79 Å². The molecule has 4 rings (SSSR count). The van der Waals surface area contributed by atoms with Crippen molar-refractivity contribution in [2.45, 2.75) is 50.6 Å². The van der Waals surface area contributed by atoms with E-state index in [0.29, 0.717) is 17.6 Å². The third-order valence-electron chi connectivity index (χ3n) is 6.49. The highest BCUT2D eigenvalue weighted by Gasteiger charge is 2.40. The predicted molar refractivity (Wildman–Crippen MR) is 111 cm³/mol. The average molecular weight is 379 g/mol. The number of aromatic hydroxyl groups is 1. The Kier molecular flexibility index (Phi) is 5.67. The van der Waals surface area contributed by atoms with Gasteiger partial charge in [0.2, 0.25) is 5.91 Å². The maximum absolute atomic E-state index is 13.2. The topological polar surface area (TPSA) is 43.8 Å². The molecule has 2 aliphatic heterocycles. The summed E-state index contributed by atoms with van der Waals surface area (Å²) in [6.07, 6.45) is 4.03. The van der Waals surface area contributed by atoms with Crippen molar-refractivity contribution < 1.29 is 9.90 Å². The van der Waals surface area contributed by atoms with Gasteiger partial charge in [-0.15, -0.1) is 0 Å². The summed E-state index contributed by atoms with van der Waals surface area (Å²) in [4.78, 5) is 17.7. The molecule has 2 heterocycles. The van der Waals surface area contributed by atoms with E-state index in [2.05, 4.69) is 41.0 Å². The largest absolute Gasteiger partial charge is 0.508 e. The molecule has 0 radical (unpaired) electrons. The molecule has 1 amide bonds. The van der Waals surface area contributed by atoms with E-state index in [0.717, 1.165) is 45.3 Å². The molecule has 0 saturated carbocycles. The molecule has 0 aliphatic carbocycles. The van der Waals surface area contributed by atoms with Gasteiger partial charge in [-0.3, -0.25) is 9.69 Å². The summed E-state index contributed by atoms with van der Waals surface area (Å²) in [5.41, 5.74) is 2.54. The number of carbonyl (C=O) groups excluding carboxylic acids is 1. The molecule has 2 atom stereocenters. The fourth-order valence-electron chi connectivity index (χ4n) is 4.94. The smallest absolute Gasteiger partial charge is 0.240 e. The monoisotopic (exact) mass is 378 g/mol. The molecule has 4 heteroatoms. The first-order valence-electron chi connectivity index (χ1n) is 10.6. The standard InChI is InChI=1S/C24H30N2O2/c1-2-22(20-6-4-3-5-7-20)26-17-14-23(24(26)28)25-15-12-19(13-16-25)18-8-10-21(27)11-9-18/h3-11,19,22-23,27H,2,12-17H2,1H3/t22-,23+/m0/s1. The van der Waals surface area contributed by atoms with Crippen molar-refractivity contribution in [2.75, 3.05) is 19.6 Å². The second-order valence-electron chi connectivity index (χ2n) is 8.07. The number of hydrogen-bond acceptors (Lipinski definition) is 3. The third-order valence-corrected chi connectivity index (χ3v) is 6.49. The van der Waals surface area contributed by atoms with Crippen LogP contribution >= 0.6 is 0 Å². The SMILES string of the molecule is CC[C@@H](c1ccccc1)N1CC[C@@H](N2CCC(c3ccc(O)cc3)CC2)C1=O. The summed E-state index contributed by atoms with van der Waals surface area (Å²) in [5, 5.41) is 9.49. The molecular weight excluding hydrogens is 348 g/mol. The summed E-state index contributed by atoms with van der Waals surface area (Å²) < 4.78 is 0. The number of carbonyl (C=O) groups is 1. The maximum Gasteiger partial charge on any atom is 0.240 e. The molecule has 0 aromatic heterocycles. The number of phenolic OH excluding ortho intramolecular Hbond substituents is 1. The molecule has 2 saturated heterocycles. The molecule has 0 unspecified atom stereocenters. The first kappa shape index (κ1) is 19.0. The van der Waals surface area contributed by atoms with Crippen molar-refractivity contribution >= 4 is 5.91 Å². The van der Waals surface area contributed by atoms with Gasteiger partial charge in [-0.2, -0.15) is 0 Å². The highest BCUT2D eigenvalue weighted by molar-refractivity contribution is 5.84. The molecule has 2 fully saturated rings. The number of rotatable bonds is 5. The van der Waals surface area contributed by atoms with E-state index in [1.165, 1.54) is 11.1 Å². The number of nitrogens with zero attached hydrogens (tertiary/aromatic N) is 2. The highest BCUT2D eigenvalue weighted by atomic mass is 16.3. The van der Waals surface area contributed by atoms with Gasteiger partial charge in [0.1, 0.15) is 5.75 Å². The molecular formula is C24H30N2O2. The lowest BCUT2D eigenvalue weighted by molar-refractivity contribution is -0.134. The van der Waals surface area contributed by atoms with Crippen molar-refractivity contribution in [3.05, 3.63) is 65.7 Å². The van der Waals surface area contributed by atoms with Crippen LogP contribution in [0.3, 0.4) is 0 Å². The Morgan fingerprint density at radius 3 is 2.29 bits per heavy atom. The van der Waals surface area contributed by atoms with E-state index >= 15 is 0 Å². The van der Waals surface area contributed by atoms with Crippen molar-refractivity contribution in [3.63, 3.8) is 0 Å². The number of benzene rings is 2. The van der Waals surface area contributed by atoms with Crippen LogP contribution in [-0.4, -0.2) is 46.5 Å². The number of amides is 1. The van der Waals surface area contributed by atoms with Gasteiger partial charge in [0.25, 0.3) is 0 Å². The quantitative estimate of drug-likeness (QED) is 0.842.